The Balaban J connectivity index is 2.06. The zero-order valence-corrected chi connectivity index (χ0v) is 13.2. The van der Waals surface area contributed by atoms with Crippen molar-refractivity contribution in [1.29, 1.82) is 0 Å². The van der Waals surface area contributed by atoms with Crippen molar-refractivity contribution >= 4 is 19.0 Å². The fourth-order valence-electron chi connectivity index (χ4n) is 2.72. The van der Waals surface area contributed by atoms with Gasteiger partial charge in [-0.2, -0.15) is 4.98 Å². The summed E-state index contributed by atoms with van der Waals surface area (Å²) in [7, 11) is -4.93. The van der Waals surface area contributed by atoms with Crippen LogP contribution in [-0.4, -0.2) is 69.5 Å². The molecule has 1 fully saturated rings. The van der Waals surface area contributed by atoms with Gasteiger partial charge < -0.3 is 29.8 Å². The van der Waals surface area contributed by atoms with Gasteiger partial charge in [-0.25, -0.2) is 14.5 Å². The highest BCUT2D eigenvalue weighted by atomic mass is 31.2. The van der Waals surface area contributed by atoms with E-state index < -0.39 is 38.5 Å². The second kappa shape index (κ2) is 5.70. The monoisotopic (exact) mass is 362 g/mol. The van der Waals surface area contributed by atoms with E-state index in [4.69, 9.17) is 14.5 Å². The molecule has 0 saturated carbocycles. The second-order valence-electron chi connectivity index (χ2n) is 5.38. The van der Waals surface area contributed by atoms with Crippen LogP contribution in [0.3, 0.4) is 0 Å². The minimum Gasteiger partial charge on any atom is -0.492 e. The van der Waals surface area contributed by atoms with E-state index in [1.54, 1.807) is 0 Å². The summed E-state index contributed by atoms with van der Waals surface area (Å²) in [5.74, 6) is -0.378. The van der Waals surface area contributed by atoms with Crippen LogP contribution in [0.4, 0.5) is 0 Å². The summed E-state index contributed by atoms with van der Waals surface area (Å²) in [6.45, 7) is 0.758. The molecule has 2 aromatic heterocycles. The Morgan fingerprint density at radius 3 is 2.75 bits per heavy atom. The molecule has 0 radical (unpaired) electrons. The van der Waals surface area contributed by atoms with Gasteiger partial charge in [0.2, 0.25) is 5.88 Å². The number of phosphoric acid groups is 1. The number of imidazole rings is 1. The van der Waals surface area contributed by atoms with Gasteiger partial charge in [-0.05, 0) is 6.92 Å². The SMILES string of the molecule is C[C@@]1(n2cnc3c(O)ncnc32)O[C@H](CO)[C@@H](OP(=O)(O)O)[C@H]1O. The first-order valence-corrected chi connectivity index (χ1v) is 8.28. The first-order valence-electron chi connectivity index (χ1n) is 6.75. The van der Waals surface area contributed by atoms with Crippen molar-refractivity contribution in [3.63, 3.8) is 0 Å². The molecule has 3 rings (SSSR count). The summed E-state index contributed by atoms with van der Waals surface area (Å²) in [6.07, 6.45) is -1.97. The number of aromatic nitrogens is 4. The number of aromatic hydroxyl groups is 1. The summed E-state index contributed by atoms with van der Waals surface area (Å²) in [4.78, 5) is 29.4. The normalized spacial score (nSPS) is 31.0. The van der Waals surface area contributed by atoms with Crippen molar-refractivity contribution < 1.29 is 38.9 Å². The third-order valence-electron chi connectivity index (χ3n) is 3.85. The van der Waals surface area contributed by atoms with Crippen molar-refractivity contribution in [2.45, 2.75) is 31.0 Å². The molecule has 0 aliphatic carbocycles. The molecule has 24 heavy (non-hydrogen) atoms. The highest BCUT2D eigenvalue weighted by Crippen LogP contribution is 2.46. The van der Waals surface area contributed by atoms with E-state index in [0.717, 1.165) is 6.33 Å². The van der Waals surface area contributed by atoms with Crippen LogP contribution in [0.15, 0.2) is 12.7 Å². The number of ether oxygens (including phenoxy) is 1. The lowest BCUT2D eigenvalue weighted by Crippen LogP contribution is -2.43. The van der Waals surface area contributed by atoms with E-state index in [2.05, 4.69) is 19.5 Å². The molecule has 1 saturated heterocycles. The average Bonchev–Trinajstić information content (AvgIpc) is 3.03. The Labute approximate surface area is 134 Å². The first kappa shape index (κ1) is 17.2. The predicted molar refractivity (Wildman–Crippen MR) is 75.5 cm³/mol. The van der Waals surface area contributed by atoms with Crippen molar-refractivity contribution in [3.8, 4) is 5.88 Å². The van der Waals surface area contributed by atoms with E-state index in [0.29, 0.717) is 0 Å². The zero-order valence-electron chi connectivity index (χ0n) is 12.3. The Hall–Kier alpha value is -1.66. The average molecular weight is 362 g/mol. The Morgan fingerprint density at radius 2 is 2.12 bits per heavy atom. The smallest absolute Gasteiger partial charge is 0.470 e. The summed E-state index contributed by atoms with van der Waals surface area (Å²) >= 11 is 0. The van der Waals surface area contributed by atoms with Gasteiger partial charge in [-0.1, -0.05) is 0 Å². The van der Waals surface area contributed by atoms with Crippen LogP contribution < -0.4 is 0 Å². The maximum atomic E-state index is 11.1. The number of hydrogen-bond acceptors (Lipinski definition) is 9. The molecule has 5 N–H and O–H groups in total. The second-order valence-corrected chi connectivity index (χ2v) is 6.57. The van der Waals surface area contributed by atoms with E-state index in [-0.39, 0.29) is 17.0 Å². The van der Waals surface area contributed by atoms with Crippen LogP contribution in [0.1, 0.15) is 6.92 Å². The van der Waals surface area contributed by atoms with Crippen LogP contribution in [-0.2, 0) is 19.6 Å². The highest BCUT2D eigenvalue weighted by molar-refractivity contribution is 7.46. The van der Waals surface area contributed by atoms with Crippen LogP contribution in [0.5, 0.6) is 5.88 Å². The fraction of sp³-hybridized carbons (Fsp3) is 0.545. The van der Waals surface area contributed by atoms with Gasteiger partial charge in [0, 0.05) is 0 Å². The van der Waals surface area contributed by atoms with Gasteiger partial charge >= 0.3 is 7.82 Å². The van der Waals surface area contributed by atoms with Gasteiger partial charge in [0.05, 0.1) is 12.9 Å². The largest absolute Gasteiger partial charge is 0.492 e. The maximum Gasteiger partial charge on any atom is 0.470 e. The molecular weight excluding hydrogens is 347 g/mol. The maximum absolute atomic E-state index is 11.1. The highest BCUT2D eigenvalue weighted by Gasteiger charge is 2.55. The molecule has 0 bridgehead atoms. The molecule has 1 aliphatic rings. The number of nitrogens with zero attached hydrogens (tertiary/aromatic N) is 4. The fourth-order valence-corrected chi connectivity index (χ4v) is 3.29. The number of rotatable bonds is 4. The quantitative estimate of drug-likeness (QED) is 0.397. The zero-order chi connectivity index (χ0) is 17.7. The van der Waals surface area contributed by atoms with Crippen molar-refractivity contribution in [3.05, 3.63) is 12.7 Å². The molecule has 0 aromatic carbocycles. The molecule has 2 aromatic rings. The van der Waals surface area contributed by atoms with E-state index in [9.17, 15) is 19.9 Å². The van der Waals surface area contributed by atoms with Gasteiger partial charge in [0.1, 0.15) is 24.6 Å². The third-order valence-corrected chi connectivity index (χ3v) is 4.37. The lowest BCUT2D eigenvalue weighted by atomic mass is 10.0. The van der Waals surface area contributed by atoms with Crippen molar-refractivity contribution in [1.82, 2.24) is 19.5 Å². The summed E-state index contributed by atoms with van der Waals surface area (Å²) in [5, 5.41) is 29.6. The third kappa shape index (κ3) is 2.67. The minimum atomic E-state index is -4.93. The molecule has 1 aliphatic heterocycles. The van der Waals surface area contributed by atoms with Crippen LogP contribution in [0.25, 0.3) is 11.2 Å². The van der Waals surface area contributed by atoms with Gasteiger partial charge in [0.15, 0.2) is 16.9 Å². The number of aliphatic hydroxyl groups is 2. The van der Waals surface area contributed by atoms with E-state index in [1.165, 1.54) is 17.8 Å². The molecule has 0 unspecified atom stereocenters. The van der Waals surface area contributed by atoms with E-state index >= 15 is 0 Å². The molecule has 0 spiro atoms. The molecule has 0 amide bonds. The Bertz CT molecular complexity index is 808. The molecular formula is C11H15N4O8P. The van der Waals surface area contributed by atoms with Gasteiger partial charge in [-0.15, -0.1) is 0 Å². The van der Waals surface area contributed by atoms with E-state index in [1.807, 2.05) is 0 Å². The summed E-state index contributed by atoms with van der Waals surface area (Å²) in [6, 6.07) is 0. The summed E-state index contributed by atoms with van der Waals surface area (Å²) in [5.41, 5.74) is -1.44. The molecule has 12 nitrogen and oxygen atoms in total. The first-order chi connectivity index (χ1) is 11.2. The topological polar surface area (TPSA) is 180 Å². The lowest BCUT2D eigenvalue weighted by molar-refractivity contribution is -0.132. The molecule has 13 heteroatoms. The predicted octanol–water partition coefficient (Wildman–Crippen LogP) is -1.57. The van der Waals surface area contributed by atoms with Gasteiger partial charge in [0.25, 0.3) is 0 Å². The van der Waals surface area contributed by atoms with Crippen LogP contribution in [0.2, 0.25) is 0 Å². The number of hydrogen-bond donors (Lipinski definition) is 5. The Kier molecular flexibility index (Phi) is 4.08. The minimum absolute atomic E-state index is 0.0504. The van der Waals surface area contributed by atoms with Crippen molar-refractivity contribution in [2.75, 3.05) is 6.61 Å². The number of phosphoric ester groups is 1. The molecule has 132 valence electrons. The Morgan fingerprint density at radius 1 is 1.42 bits per heavy atom. The van der Waals surface area contributed by atoms with Gasteiger partial charge in [-0.3, -0.25) is 9.09 Å². The standard InChI is InChI=1S/C11H15N4O8P/c1-11(15-4-14-6-9(15)12-3-13-10(6)18)8(17)7(5(2-16)22-11)23-24(19,20)21/h3-5,7-8,16-17H,2H2,1H3,(H,12,13,18)(H2,19,20,21)/t5-,7-,8-,11-/m1/s1. The number of fused-ring (bicyclic) bond motifs is 1. The lowest BCUT2D eigenvalue weighted by Gasteiger charge is -2.29. The summed E-state index contributed by atoms with van der Waals surface area (Å²) < 4.78 is 22.5. The molecule has 3 heterocycles. The van der Waals surface area contributed by atoms with Crippen LogP contribution >= 0.6 is 7.82 Å². The van der Waals surface area contributed by atoms with Crippen molar-refractivity contribution in [2.24, 2.45) is 0 Å². The van der Waals surface area contributed by atoms with Crippen LogP contribution in [0, 0.1) is 0 Å². The number of aliphatic hydroxyl groups excluding tert-OH is 2. The molecule has 4 atom stereocenters.